The van der Waals surface area contributed by atoms with Crippen LogP contribution in [-0.2, 0) is 0 Å². The zero-order valence-corrected chi connectivity index (χ0v) is 12.4. The van der Waals surface area contributed by atoms with E-state index in [4.69, 9.17) is 0 Å². The first-order valence-electron chi connectivity index (χ1n) is 6.26. The topological polar surface area (TPSA) is 30.7 Å². The largest absolute Gasteiger partial charge is 0.236 e. The molecular formula is C15H14BrN3. The van der Waals surface area contributed by atoms with Crippen LogP contribution in [0.15, 0.2) is 47.2 Å². The van der Waals surface area contributed by atoms with Crippen molar-refractivity contribution in [1.29, 1.82) is 0 Å². The van der Waals surface area contributed by atoms with Crippen molar-refractivity contribution in [3.63, 3.8) is 0 Å². The van der Waals surface area contributed by atoms with E-state index in [1.165, 1.54) is 5.56 Å². The van der Waals surface area contributed by atoms with Crippen molar-refractivity contribution < 1.29 is 0 Å². The van der Waals surface area contributed by atoms with E-state index in [1.54, 1.807) is 6.20 Å². The second-order valence-corrected chi connectivity index (χ2v) is 5.57. The molecule has 0 radical (unpaired) electrons. The molecule has 3 rings (SSSR count). The molecule has 0 saturated carbocycles. The molecule has 0 fully saturated rings. The van der Waals surface area contributed by atoms with E-state index in [0.717, 1.165) is 21.3 Å². The highest BCUT2D eigenvalue weighted by Gasteiger charge is 2.10. The van der Waals surface area contributed by atoms with Crippen molar-refractivity contribution in [3.8, 4) is 5.69 Å². The average molecular weight is 316 g/mol. The van der Waals surface area contributed by atoms with E-state index in [-0.39, 0.29) is 0 Å². The summed E-state index contributed by atoms with van der Waals surface area (Å²) < 4.78 is 2.69. The van der Waals surface area contributed by atoms with Gasteiger partial charge in [0.2, 0.25) is 0 Å². The van der Waals surface area contributed by atoms with Crippen LogP contribution in [0.2, 0.25) is 0 Å². The smallest absolute Gasteiger partial charge is 0.164 e. The van der Waals surface area contributed by atoms with Crippen LogP contribution in [0.4, 0.5) is 0 Å². The summed E-state index contributed by atoms with van der Waals surface area (Å²) in [4.78, 5) is 4.41. The van der Waals surface area contributed by atoms with E-state index in [2.05, 4.69) is 64.1 Å². The highest BCUT2D eigenvalue weighted by Crippen LogP contribution is 2.24. The Morgan fingerprint density at radius 1 is 1.11 bits per heavy atom. The summed E-state index contributed by atoms with van der Waals surface area (Å²) >= 11 is 3.48. The Bertz CT molecular complexity index is 714. The first kappa shape index (κ1) is 12.4. The SMILES string of the molecule is CC(C)c1ccc(-n2nc(Br)c3cccnc32)cc1. The monoisotopic (exact) mass is 315 g/mol. The van der Waals surface area contributed by atoms with Gasteiger partial charge in [0, 0.05) is 6.20 Å². The van der Waals surface area contributed by atoms with Gasteiger partial charge in [0.1, 0.15) is 4.60 Å². The van der Waals surface area contributed by atoms with Crippen LogP contribution in [-0.4, -0.2) is 14.8 Å². The van der Waals surface area contributed by atoms with Gasteiger partial charge < -0.3 is 0 Å². The maximum absolute atomic E-state index is 4.51. The van der Waals surface area contributed by atoms with Gasteiger partial charge in [-0.15, -0.1) is 0 Å². The summed E-state index contributed by atoms with van der Waals surface area (Å²) in [6.45, 7) is 4.38. The summed E-state index contributed by atoms with van der Waals surface area (Å²) in [6, 6.07) is 12.4. The lowest BCUT2D eigenvalue weighted by molar-refractivity contribution is 0.856. The molecular weight excluding hydrogens is 302 g/mol. The fourth-order valence-corrected chi connectivity index (χ4v) is 2.56. The van der Waals surface area contributed by atoms with Crippen LogP contribution in [0.3, 0.4) is 0 Å². The molecule has 3 aromatic rings. The number of benzene rings is 1. The molecule has 0 aliphatic rings. The fourth-order valence-electron chi connectivity index (χ4n) is 2.10. The number of pyridine rings is 1. The van der Waals surface area contributed by atoms with Crippen molar-refractivity contribution in [2.45, 2.75) is 19.8 Å². The van der Waals surface area contributed by atoms with Crippen LogP contribution in [0.5, 0.6) is 0 Å². The molecule has 0 spiro atoms. The Morgan fingerprint density at radius 2 is 1.84 bits per heavy atom. The minimum atomic E-state index is 0.535. The maximum atomic E-state index is 4.51. The number of aromatic nitrogens is 3. The van der Waals surface area contributed by atoms with Gasteiger partial charge in [-0.25, -0.2) is 9.67 Å². The van der Waals surface area contributed by atoms with E-state index in [1.807, 2.05) is 16.8 Å². The molecule has 0 atom stereocenters. The van der Waals surface area contributed by atoms with E-state index >= 15 is 0 Å². The third kappa shape index (κ3) is 2.16. The normalized spacial score (nSPS) is 11.4. The average Bonchev–Trinajstić information content (AvgIpc) is 2.77. The molecule has 4 heteroatoms. The van der Waals surface area contributed by atoms with E-state index in [0.29, 0.717) is 5.92 Å². The molecule has 0 amide bonds. The van der Waals surface area contributed by atoms with E-state index < -0.39 is 0 Å². The predicted molar refractivity (Wildman–Crippen MR) is 80.7 cm³/mol. The zero-order valence-electron chi connectivity index (χ0n) is 10.8. The zero-order chi connectivity index (χ0) is 13.4. The highest BCUT2D eigenvalue weighted by atomic mass is 79.9. The van der Waals surface area contributed by atoms with Crippen molar-refractivity contribution in [3.05, 3.63) is 52.8 Å². The standard InChI is InChI=1S/C15H14BrN3/c1-10(2)11-5-7-12(8-6-11)19-15-13(14(16)18-19)4-3-9-17-15/h3-10H,1-2H3. The quantitative estimate of drug-likeness (QED) is 0.705. The summed E-state index contributed by atoms with van der Waals surface area (Å²) in [5, 5.41) is 5.53. The van der Waals surface area contributed by atoms with Crippen LogP contribution in [0.1, 0.15) is 25.3 Å². The lowest BCUT2D eigenvalue weighted by Crippen LogP contribution is -1.98. The van der Waals surface area contributed by atoms with Crippen LogP contribution in [0, 0.1) is 0 Å². The number of hydrogen-bond acceptors (Lipinski definition) is 2. The van der Waals surface area contributed by atoms with Crippen LogP contribution >= 0.6 is 15.9 Å². The first-order chi connectivity index (χ1) is 9.16. The lowest BCUT2D eigenvalue weighted by atomic mass is 10.0. The minimum absolute atomic E-state index is 0.535. The summed E-state index contributed by atoms with van der Waals surface area (Å²) in [6.07, 6.45) is 1.79. The van der Waals surface area contributed by atoms with Gasteiger partial charge in [0.25, 0.3) is 0 Å². The Morgan fingerprint density at radius 3 is 2.53 bits per heavy atom. The lowest BCUT2D eigenvalue weighted by Gasteiger charge is -2.07. The highest BCUT2D eigenvalue weighted by molar-refractivity contribution is 9.10. The van der Waals surface area contributed by atoms with Crippen molar-refractivity contribution in [2.24, 2.45) is 0 Å². The maximum Gasteiger partial charge on any atom is 0.164 e. The van der Waals surface area contributed by atoms with Crippen LogP contribution < -0.4 is 0 Å². The number of halogens is 1. The number of fused-ring (bicyclic) bond motifs is 1. The molecule has 3 nitrogen and oxygen atoms in total. The molecule has 0 bridgehead atoms. The molecule has 19 heavy (non-hydrogen) atoms. The number of hydrogen-bond donors (Lipinski definition) is 0. The van der Waals surface area contributed by atoms with Gasteiger partial charge in [-0.3, -0.25) is 0 Å². The molecule has 2 heterocycles. The van der Waals surface area contributed by atoms with Crippen LogP contribution in [0.25, 0.3) is 16.7 Å². The van der Waals surface area contributed by atoms with Gasteiger partial charge in [0.05, 0.1) is 11.1 Å². The van der Waals surface area contributed by atoms with Crippen molar-refractivity contribution >= 4 is 27.0 Å². The predicted octanol–water partition coefficient (Wildman–Crippen LogP) is 4.31. The summed E-state index contributed by atoms with van der Waals surface area (Å²) in [7, 11) is 0. The first-order valence-corrected chi connectivity index (χ1v) is 7.05. The molecule has 0 aliphatic carbocycles. The molecule has 96 valence electrons. The summed E-state index contributed by atoms with van der Waals surface area (Å²) in [5.41, 5.74) is 3.22. The van der Waals surface area contributed by atoms with Crippen molar-refractivity contribution in [1.82, 2.24) is 14.8 Å². The van der Waals surface area contributed by atoms with Gasteiger partial charge in [-0.1, -0.05) is 26.0 Å². The molecule has 0 aliphatic heterocycles. The molecule has 2 aromatic heterocycles. The molecule has 1 aromatic carbocycles. The van der Waals surface area contributed by atoms with E-state index in [9.17, 15) is 0 Å². The molecule has 0 N–H and O–H groups in total. The Hall–Kier alpha value is -1.68. The van der Waals surface area contributed by atoms with Gasteiger partial charge >= 0.3 is 0 Å². The Balaban J connectivity index is 2.14. The van der Waals surface area contributed by atoms with Gasteiger partial charge in [-0.2, -0.15) is 5.10 Å². The number of nitrogens with zero attached hydrogens (tertiary/aromatic N) is 3. The second-order valence-electron chi connectivity index (χ2n) is 4.82. The molecule has 0 unspecified atom stereocenters. The second kappa shape index (κ2) is 4.78. The van der Waals surface area contributed by atoms with Gasteiger partial charge in [-0.05, 0) is 51.7 Å². The Labute approximate surface area is 120 Å². The number of rotatable bonds is 2. The molecule has 0 saturated heterocycles. The van der Waals surface area contributed by atoms with Crippen molar-refractivity contribution in [2.75, 3.05) is 0 Å². The third-order valence-electron chi connectivity index (χ3n) is 3.20. The third-order valence-corrected chi connectivity index (χ3v) is 3.79. The van der Waals surface area contributed by atoms with Gasteiger partial charge in [0.15, 0.2) is 5.65 Å². The minimum Gasteiger partial charge on any atom is -0.236 e. The fraction of sp³-hybridized carbons (Fsp3) is 0.200. The summed E-state index contributed by atoms with van der Waals surface area (Å²) in [5.74, 6) is 0.535. The Kier molecular flexibility index (Phi) is 3.11.